The van der Waals surface area contributed by atoms with Gasteiger partial charge in [0.05, 0.1) is 22.8 Å². The Hall–Kier alpha value is -1.13. The zero-order valence-corrected chi connectivity index (χ0v) is 24.8. The lowest BCUT2D eigenvalue weighted by Crippen LogP contribution is -2.69. The van der Waals surface area contributed by atoms with Crippen molar-refractivity contribution in [2.24, 2.45) is 28.6 Å². The van der Waals surface area contributed by atoms with Gasteiger partial charge in [-0.2, -0.15) is 11.8 Å². The van der Waals surface area contributed by atoms with E-state index in [2.05, 4.69) is 5.32 Å². The first-order valence-corrected chi connectivity index (χ1v) is 16.0. The number of hydrogen-bond donors (Lipinski definition) is 3. The third-order valence-corrected chi connectivity index (χ3v) is 12.7. The Morgan fingerprint density at radius 3 is 2.68 bits per heavy atom. The summed E-state index contributed by atoms with van der Waals surface area (Å²) >= 11 is 9.83. The van der Waals surface area contributed by atoms with Gasteiger partial charge in [0.15, 0.2) is 11.6 Å². The number of nitrogens with one attached hydrogen (secondary N) is 1. The molecule has 0 heterocycles. The van der Waals surface area contributed by atoms with E-state index in [-0.39, 0.29) is 40.8 Å². The molecule has 1 amide bonds. The van der Waals surface area contributed by atoms with E-state index in [1.54, 1.807) is 17.8 Å². The van der Waals surface area contributed by atoms with Crippen molar-refractivity contribution in [3.63, 3.8) is 0 Å². The number of hydrogen-bond acceptors (Lipinski definition) is 8. The van der Waals surface area contributed by atoms with Crippen molar-refractivity contribution < 1.29 is 29.4 Å². The number of carbonyl (C=O) groups is 4. The number of rotatable bonds is 9. The highest BCUT2D eigenvalue weighted by Gasteiger charge is 2.74. The Balaban J connectivity index is 1.59. The highest BCUT2D eigenvalue weighted by Crippen LogP contribution is 2.71. The molecule has 4 aliphatic carbocycles. The molecule has 210 valence electrons. The summed E-state index contributed by atoms with van der Waals surface area (Å²) in [4.78, 5) is 48.5. The molecule has 1 unspecified atom stereocenters. The van der Waals surface area contributed by atoms with Gasteiger partial charge in [-0.05, 0) is 74.0 Å². The largest absolute Gasteiger partial charge is 0.391 e. The van der Waals surface area contributed by atoms with Gasteiger partial charge in [-0.25, -0.2) is 0 Å². The zero-order chi connectivity index (χ0) is 28.1. The topological polar surface area (TPSA) is 121 Å². The van der Waals surface area contributed by atoms with E-state index in [0.717, 1.165) is 17.3 Å². The van der Waals surface area contributed by atoms with Crippen LogP contribution in [0.3, 0.4) is 0 Å². The van der Waals surface area contributed by atoms with Crippen molar-refractivity contribution in [2.45, 2.75) is 75.5 Å². The molecule has 4 aliphatic rings. The fourth-order valence-electron chi connectivity index (χ4n) is 8.07. The Labute approximate surface area is 238 Å². The summed E-state index contributed by atoms with van der Waals surface area (Å²) in [7, 11) is 0. The number of aliphatic hydroxyl groups excluding tert-OH is 1. The molecule has 0 aromatic rings. The van der Waals surface area contributed by atoms with Crippen molar-refractivity contribution in [3.8, 4) is 0 Å². The zero-order valence-electron chi connectivity index (χ0n) is 22.4. The van der Waals surface area contributed by atoms with Crippen LogP contribution < -0.4 is 5.32 Å². The molecule has 0 spiro atoms. The Morgan fingerprint density at radius 2 is 2.03 bits per heavy atom. The Morgan fingerprint density at radius 1 is 1.32 bits per heavy atom. The number of amides is 1. The standard InChI is InChI=1S/C28H38ClNO6S2/c1-16-11-20-19-6-5-17-12-18(32)7-9-25(17,2)27(19,29)22(33)13-26(20,3)28(16,36)23(34)14-38-24(35)21(30-15-31)8-10-37-4/h7,9,12,15-16,19-22,33,36H,5-6,8,10-11,13-14H2,1-4H3,(H,30,31)/t16-,19-,20-,21?,22-,25-,26-,27-,28-/m0/s1. The number of halogens is 1. The number of Topliss-reactive ketones (excluding diaryl/α,β-unsaturated/α-hetero) is 1. The minimum atomic E-state index is -1.73. The van der Waals surface area contributed by atoms with Crippen LogP contribution in [0.1, 0.15) is 52.9 Å². The van der Waals surface area contributed by atoms with Gasteiger partial charge in [0, 0.05) is 10.8 Å². The summed E-state index contributed by atoms with van der Waals surface area (Å²) in [5, 5.41) is 26.0. The molecular weight excluding hydrogens is 546 g/mol. The molecule has 0 saturated heterocycles. The molecule has 0 radical (unpaired) electrons. The van der Waals surface area contributed by atoms with Crippen LogP contribution in [0, 0.1) is 28.6 Å². The smallest absolute Gasteiger partial charge is 0.211 e. The van der Waals surface area contributed by atoms with Gasteiger partial charge in [0.2, 0.25) is 11.5 Å². The monoisotopic (exact) mass is 583 g/mol. The average Bonchev–Trinajstić information content (AvgIpc) is 3.07. The molecule has 4 rings (SSSR count). The maximum Gasteiger partial charge on any atom is 0.211 e. The normalized spacial score (nSPS) is 42.4. The number of ketones is 2. The van der Waals surface area contributed by atoms with Crippen LogP contribution in [0.5, 0.6) is 0 Å². The van der Waals surface area contributed by atoms with Gasteiger partial charge in [0.1, 0.15) is 5.60 Å². The predicted molar refractivity (Wildman–Crippen MR) is 151 cm³/mol. The SMILES string of the molecule is CSCCC(NC=O)C(=O)SCC(=O)[C@@]1(O)[C@@H](C)C[C@H]2[C@@H]3CCC4=CC(=O)C=C[C@]4(C)[C@@]3(Cl)[C@@H](O)C[C@@]21C. The van der Waals surface area contributed by atoms with Gasteiger partial charge >= 0.3 is 0 Å². The van der Waals surface area contributed by atoms with Crippen LogP contribution in [0.15, 0.2) is 23.8 Å². The second kappa shape index (κ2) is 10.7. The van der Waals surface area contributed by atoms with Gasteiger partial charge in [-0.3, -0.25) is 19.2 Å². The fourth-order valence-corrected chi connectivity index (χ4v) is 9.95. The van der Waals surface area contributed by atoms with Crippen LogP contribution in [0.25, 0.3) is 0 Å². The van der Waals surface area contributed by atoms with E-state index in [1.165, 1.54) is 6.08 Å². The molecule has 10 heteroatoms. The van der Waals surface area contributed by atoms with E-state index in [0.29, 0.717) is 37.8 Å². The molecule has 3 N–H and O–H groups in total. The van der Waals surface area contributed by atoms with E-state index >= 15 is 0 Å². The first-order valence-electron chi connectivity index (χ1n) is 13.2. The highest BCUT2D eigenvalue weighted by atomic mass is 35.5. The van der Waals surface area contributed by atoms with Crippen LogP contribution in [-0.2, 0) is 19.2 Å². The van der Waals surface area contributed by atoms with Gasteiger partial charge in [0.25, 0.3) is 0 Å². The second-order valence-corrected chi connectivity index (χ2v) is 14.4. The number of fused-ring (bicyclic) bond motifs is 5. The maximum atomic E-state index is 13.7. The third kappa shape index (κ3) is 4.26. The van der Waals surface area contributed by atoms with E-state index in [1.807, 2.05) is 33.1 Å². The van der Waals surface area contributed by atoms with Gasteiger partial charge < -0.3 is 15.5 Å². The van der Waals surface area contributed by atoms with E-state index in [4.69, 9.17) is 11.6 Å². The van der Waals surface area contributed by atoms with Crippen molar-refractivity contribution in [1.29, 1.82) is 0 Å². The van der Waals surface area contributed by atoms with Crippen LogP contribution >= 0.6 is 35.1 Å². The average molecular weight is 584 g/mol. The molecule has 0 aliphatic heterocycles. The number of alkyl halides is 1. The Bertz CT molecular complexity index is 1080. The second-order valence-electron chi connectivity index (χ2n) is 11.8. The predicted octanol–water partition coefficient (Wildman–Crippen LogP) is 3.30. The molecule has 0 bridgehead atoms. The number of aliphatic hydroxyl groups is 2. The van der Waals surface area contributed by atoms with Crippen LogP contribution in [0.4, 0.5) is 0 Å². The Kier molecular flexibility index (Phi) is 8.40. The molecule has 7 nitrogen and oxygen atoms in total. The summed E-state index contributed by atoms with van der Waals surface area (Å²) in [6.07, 6.45) is 8.86. The van der Waals surface area contributed by atoms with Crippen LogP contribution in [0.2, 0.25) is 0 Å². The van der Waals surface area contributed by atoms with Crippen molar-refractivity contribution in [3.05, 3.63) is 23.8 Å². The molecule has 0 aromatic heterocycles. The minimum absolute atomic E-state index is 0.0770. The molecule has 3 saturated carbocycles. The molecule has 38 heavy (non-hydrogen) atoms. The first-order chi connectivity index (χ1) is 17.8. The minimum Gasteiger partial charge on any atom is -0.391 e. The summed E-state index contributed by atoms with van der Waals surface area (Å²) in [5.41, 5.74) is -2.45. The van der Waals surface area contributed by atoms with Gasteiger partial charge in [-0.15, -0.1) is 11.6 Å². The maximum absolute atomic E-state index is 13.7. The van der Waals surface area contributed by atoms with E-state index < -0.39 is 39.2 Å². The van der Waals surface area contributed by atoms with E-state index in [9.17, 15) is 29.4 Å². The third-order valence-electron chi connectivity index (χ3n) is 10.2. The lowest BCUT2D eigenvalue weighted by Gasteiger charge is -2.63. The molecule has 9 atom stereocenters. The summed E-state index contributed by atoms with van der Waals surface area (Å²) in [6.45, 7) is 5.72. The highest BCUT2D eigenvalue weighted by molar-refractivity contribution is 8.14. The number of thioether (sulfide) groups is 2. The van der Waals surface area contributed by atoms with Crippen LogP contribution in [-0.4, -0.2) is 73.7 Å². The first kappa shape index (κ1) is 29.8. The summed E-state index contributed by atoms with van der Waals surface area (Å²) < 4.78 is 0. The molecule has 3 fully saturated rings. The van der Waals surface area contributed by atoms with Crippen molar-refractivity contribution in [2.75, 3.05) is 17.8 Å². The lowest BCUT2D eigenvalue weighted by molar-refractivity contribution is -0.175. The number of allylic oxidation sites excluding steroid dienone is 4. The number of carbonyl (C=O) groups excluding carboxylic acids is 4. The summed E-state index contributed by atoms with van der Waals surface area (Å²) in [5.74, 6) is -0.714. The fraction of sp³-hybridized carbons (Fsp3) is 0.714. The molecular formula is C28H38ClNO6S2. The summed E-state index contributed by atoms with van der Waals surface area (Å²) in [6, 6.07) is -0.689. The van der Waals surface area contributed by atoms with Crippen molar-refractivity contribution >= 4 is 58.2 Å². The van der Waals surface area contributed by atoms with Gasteiger partial charge in [-0.1, -0.05) is 44.2 Å². The molecule has 0 aromatic carbocycles. The van der Waals surface area contributed by atoms with Crippen molar-refractivity contribution in [1.82, 2.24) is 5.32 Å². The lowest BCUT2D eigenvalue weighted by atomic mass is 9.45. The quantitative estimate of drug-likeness (QED) is 0.279.